The first kappa shape index (κ1) is 16.6. The van der Waals surface area contributed by atoms with E-state index >= 15 is 0 Å². The predicted molar refractivity (Wildman–Crippen MR) is 78.0 cm³/mol. The lowest BCUT2D eigenvalue weighted by molar-refractivity contribution is -0.142. The molecule has 7 heteroatoms. The van der Waals surface area contributed by atoms with Gasteiger partial charge in [-0.2, -0.15) is 0 Å². The topological polar surface area (TPSA) is 67.4 Å². The van der Waals surface area contributed by atoms with Crippen molar-refractivity contribution in [3.63, 3.8) is 0 Å². The fraction of sp³-hybridized carbons (Fsp3) is 0.385. The molecule has 1 rings (SSSR count). The van der Waals surface area contributed by atoms with Crippen LogP contribution < -0.4 is 10.6 Å². The normalized spacial score (nSPS) is 9.95. The Kier molecular flexibility index (Phi) is 7.18. The van der Waals surface area contributed by atoms with Gasteiger partial charge in [-0.3, -0.25) is 4.79 Å². The van der Waals surface area contributed by atoms with E-state index in [9.17, 15) is 9.59 Å². The number of esters is 1. The SMILES string of the molecule is CCOC(=O)CCNC(=O)NCc1ccc(Cl)c(Cl)c1. The third kappa shape index (κ3) is 6.12. The van der Waals surface area contributed by atoms with Gasteiger partial charge < -0.3 is 15.4 Å². The average Bonchev–Trinajstić information content (AvgIpc) is 2.40. The quantitative estimate of drug-likeness (QED) is 0.792. The molecule has 0 unspecified atom stereocenters. The van der Waals surface area contributed by atoms with Gasteiger partial charge in [-0.25, -0.2) is 4.79 Å². The number of hydrogen-bond donors (Lipinski definition) is 2. The van der Waals surface area contributed by atoms with E-state index in [0.29, 0.717) is 23.2 Å². The van der Waals surface area contributed by atoms with Crippen molar-refractivity contribution in [1.82, 2.24) is 10.6 Å². The average molecular weight is 319 g/mol. The molecule has 0 aliphatic heterocycles. The van der Waals surface area contributed by atoms with Crippen LogP contribution in [0.1, 0.15) is 18.9 Å². The summed E-state index contributed by atoms with van der Waals surface area (Å²) in [6.45, 7) is 2.62. The first-order valence-electron chi connectivity index (χ1n) is 6.14. The number of halogens is 2. The van der Waals surface area contributed by atoms with Crippen LogP contribution in [0.15, 0.2) is 18.2 Å². The maximum atomic E-state index is 11.5. The minimum Gasteiger partial charge on any atom is -0.466 e. The summed E-state index contributed by atoms with van der Waals surface area (Å²) in [5.41, 5.74) is 0.833. The molecule has 0 saturated carbocycles. The molecule has 0 atom stereocenters. The zero-order valence-corrected chi connectivity index (χ0v) is 12.6. The number of urea groups is 1. The van der Waals surface area contributed by atoms with Crippen LogP contribution in [0.25, 0.3) is 0 Å². The molecule has 0 saturated heterocycles. The lowest BCUT2D eigenvalue weighted by Crippen LogP contribution is -2.36. The van der Waals surface area contributed by atoms with Crippen molar-refractivity contribution in [2.75, 3.05) is 13.2 Å². The number of benzene rings is 1. The van der Waals surface area contributed by atoms with Crippen molar-refractivity contribution >= 4 is 35.2 Å². The molecule has 0 aliphatic rings. The van der Waals surface area contributed by atoms with Crippen molar-refractivity contribution in [2.45, 2.75) is 19.9 Å². The molecule has 1 aromatic carbocycles. The van der Waals surface area contributed by atoms with Gasteiger partial charge in [0.15, 0.2) is 0 Å². The Hall–Kier alpha value is -1.46. The Bertz CT molecular complexity index is 481. The summed E-state index contributed by atoms with van der Waals surface area (Å²) in [4.78, 5) is 22.5. The molecule has 110 valence electrons. The molecular formula is C13H16Cl2N2O3. The number of carbonyl (C=O) groups is 2. The van der Waals surface area contributed by atoms with Gasteiger partial charge in [-0.15, -0.1) is 0 Å². The predicted octanol–water partition coefficient (Wildman–Crippen LogP) is 2.75. The molecule has 0 aliphatic carbocycles. The van der Waals surface area contributed by atoms with Crippen LogP contribution in [-0.2, 0) is 16.1 Å². The molecular weight excluding hydrogens is 303 g/mol. The van der Waals surface area contributed by atoms with E-state index in [1.165, 1.54) is 0 Å². The summed E-state index contributed by atoms with van der Waals surface area (Å²) in [7, 11) is 0. The van der Waals surface area contributed by atoms with Crippen molar-refractivity contribution < 1.29 is 14.3 Å². The number of carbonyl (C=O) groups excluding carboxylic acids is 2. The molecule has 5 nitrogen and oxygen atoms in total. The number of amides is 2. The number of nitrogens with one attached hydrogen (secondary N) is 2. The zero-order chi connectivity index (χ0) is 15.0. The van der Waals surface area contributed by atoms with Crippen LogP contribution in [0, 0.1) is 0 Å². The third-order valence-corrected chi connectivity index (χ3v) is 3.10. The van der Waals surface area contributed by atoms with E-state index in [1.807, 2.05) is 0 Å². The van der Waals surface area contributed by atoms with Crippen LogP contribution in [0.4, 0.5) is 4.79 Å². The van der Waals surface area contributed by atoms with Gasteiger partial charge in [-0.05, 0) is 24.6 Å². The second-order valence-corrected chi connectivity index (χ2v) is 4.73. The van der Waals surface area contributed by atoms with Crippen LogP contribution in [0.2, 0.25) is 10.0 Å². The summed E-state index contributed by atoms with van der Waals surface area (Å²) in [5, 5.41) is 6.11. The summed E-state index contributed by atoms with van der Waals surface area (Å²) >= 11 is 11.7. The first-order chi connectivity index (χ1) is 9.52. The smallest absolute Gasteiger partial charge is 0.315 e. The van der Waals surface area contributed by atoms with Gasteiger partial charge in [0.05, 0.1) is 23.1 Å². The van der Waals surface area contributed by atoms with Crippen molar-refractivity contribution in [3.8, 4) is 0 Å². The fourth-order valence-electron chi connectivity index (χ4n) is 1.41. The molecule has 0 radical (unpaired) electrons. The monoisotopic (exact) mass is 318 g/mol. The Labute approximate surface area is 127 Å². The Balaban J connectivity index is 2.26. The standard InChI is InChI=1S/C13H16Cl2N2O3/c1-2-20-12(18)5-6-16-13(19)17-8-9-3-4-10(14)11(15)7-9/h3-4,7H,2,5-6,8H2,1H3,(H2,16,17,19). The highest BCUT2D eigenvalue weighted by atomic mass is 35.5. The van der Waals surface area contributed by atoms with E-state index in [0.717, 1.165) is 5.56 Å². The zero-order valence-electron chi connectivity index (χ0n) is 11.0. The first-order valence-corrected chi connectivity index (χ1v) is 6.89. The van der Waals surface area contributed by atoms with Gasteiger partial charge in [-0.1, -0.05) is 29.3 Å². The van der Waals surface area contributed by atoms with E-state index in [4.69, 9.17) is 27.9 Å². The highest BCUT2D eigenvalue weighted by Gasteiger charge is 2.05. The van der Waals surface area contributed by atoms with Gasteiger partial charge in [0.1, 0.15) is 0 Å². The maximum absolute atomic E-state index is 11.5. The molecule has 2 amide bonds. The van der Waals surface area contributed by atoms with E-state index in [-0.39, 0.29) is 25.0 Å². The van der Waals surface area contributed by atoms with E-state index in [2.05, 4.69) is 10.6 Å². The number of rotatable bonds is 6. The summed E-state index contributed by atoms with van der Waals surface area (Å²) < 4.78 is 4.74. The number of hydrogen-bond acceptors (Lipinski definition) is 3. The van der Waals surface area contributed by atoms with Gasteiger partial charge >= 0.3 is 12.0 Å². The van der Waals surface area contributed by atoms with Gasteiger partial charge in [0.2, 0.25) is 0 Å². The molecule has 0 aromatic heterocycles. The summed E-state index contributed by atoms with van der Waals surface area (Å²) in [5.74, 6) is -0.336. The lowest BCUT2D eigenvalue weighted by Gasteiger charge is -2.08. The number of ether oxygens (including phenoxy) is 1. The maximum Gasteiger partial charge on any atom is 0.315 e. The van der Waals surface area contributed by atoms with Crippen LogP contribution in [-0.4, -0.2) is 25.2 Å². The Morgan fingerprint density at radius 3 is 2.60 bits per heavy atom. The van der Waals surface area contributed by atoms with Crippen molar-refractivity contribution in [1.29, 1.82) is 0 Å². The molecule has 20 heavy (non-hydrogen) atoms. The molecule has 1 aromatic rings. The second-order valence-electron chi connectivity index (χ2n) is 3.91. The van der Waals surface area contributed by atoms with Gasteiger partial charge in [0, 0.05) is 13.1 Å². The molecule has 2 N–H and O–H groups in total. The molecule has 0 heterocycles. The lowest BCUT2D eigenvalue weighted by atomic mass is 10.2. The highest BCUT2D eigenvalue weighted by molar-refractivity contribution is 6.42. The highest BCUT2D eigenvalue weighted by Crippen LogP contribution is 2.22. The second kappa shape index (κ2) is 8.66. The molecule has 0 fully saturated rings. The molecule has 0 spiro atoms. The minimum absolute atomic E-state index is 0.147. The van der Waals surface area contributed by atoms with E-state index in [1.54, 1.807) is 25.1 Å². The van der Waals surface area contributed by atoms with Crippen LogP contribution in [0.3, 0.4) is 0 Å². The van der Waals surface area contributed by atoms with Gasteiger partial charge in [0.25, 0.3) is 0 Å². The van der Waals surface area contributed by atoms with Crippen molar-refractivity contribution in [3.05, 3.63) is 33.8 Å². The van der Waals surface area contributed by atoms with E-state index < -0.39 is 0 Å². The van der Waals surface area contributed by atoms with Crippen molar-refractivity contribution in [2.24, 2.45) is 0 Å². The fourth-order valence-corrected chi connectivity index (χ4v) is 1.73. The Morgan fingerprint density at radius 2 is 1.95 bits per heavy atom. The third-order valence-electron chi connectivity index (χ3n) is 2.36. The Morgan fingerprint density at radius 1 is 1.20 bits per heavy atom. The molecule has 0 bridgehead atoms. The minimum atomic E-state index is -0.361. The largest absolute Gasteiger partial charge is 0.466 e. The summed E-state index contributed by atoms with van der Waals surface area (Å²) in [6.07, 6.45) is 0.147. The summed E-state index contributed by atoms with van der Waals surface area (Å²) in [6, 6.07) is 4.76. The van der Waals surface area contributed by atoms with Crippen LogP contribution >= 0.6 is 23.2 Å². The van der Waals surface area contributed by atoms with Crippen LogP contribution in [0.5, 0.6) is 0 Å².